The Balaban J connectivity index is 1.48. The van der Waals surface area contributed by atoms with E-state index in [9.17, 15) is 0 Å². The van der Waals surface area contributed by atoms with Gasteiger partial charge in [0.2, 0.25) is 0 Å². The molecule has 3 nitrogen and oxygen atoms in total. The highest BCUT2D eigenvalue weighted by molar-refractivity contribution is 5.85. The van der Waals surface area contributed by atoms with Crippen molar-refractivity contribution in [1.29, 1.82) is 0 Å². The van der Waals surface area contributed by atoms with E-state index < -0.39 is 0 Å². The first-order valence-corrected chi connectivity index (χ1v) is 8.80. The predicted octanol–water partition coefficient (Wildman–Crippen LogP) is 3.76. The number of aromatic nitrogens is 1. The Kier molecular flexibility index (Phi) is 2.89. The van der Waals surface area contributed by atoms with Crippen molar-refractivity contribution in [2.45, 2.75) is 69.7 Å². The molecule has 3 heterocycles. The Morgan fingerprint density at radius 3 is 3.00 bits per heavy atom. The summed E-state index contributed by atoms with van der Waals surface area (Å²) < 4.78 is 6.02. The zero-order valence-corrected chi connectivity index (χ0v) is 13.2. The maximum absolute atomic E-state index is 6.02. The third-order valence-electron chi connectivity index (χ3n) is 5.88. The highest BCUT2D eigenvalue weighted by atomic mass is 16.5. The Morgan fingerprint density at radius 2 is 2.18 bits per heavy atom. The first-order valence-electron chi connectivity index (χ1n) is 8.80. The standard InChI is InChI=1S/C19H24N2O/c1-11-5-7-15-14(9-11)13-3-2-4-16(19(13)21-15)20-17-10-12-6-8-18(17)22-12/h5,7,9,12,16-18,20-21H,2-4,6,8,10H2,1H3/t12-,16+,17+,18-/m1/s1. The molecule has 1 aromatic carbocycles. The van der Waals surface area contributed by atoms with Crippen LogP contribution in [-0.2, 0) is 11.2 Å². The number of benzene rings is 1. The van der Waals surface area contributed by atoms with Crippen LogP contribution in [0.3, 0.4) is 0 Å². The van der Waals surface area contributed by atoms with Crippen molar-refractivity contribution in [3.63, 3.8) is 0 Å². The van der Waals surface area contributed by atoms with Crippen LogP contribution in [0.4, 0.5) is 0 Å². The minimum absolute atomic E-state index is 0.460. The summed E-state index contributed by atoms with van der Waals surface area (Å²) in [6.45, 7) is 2.18. The molecule has 4 atom stereocenters. The van der Waals surface area contributed by atoms with Crippen LogP contribution in [0, 0.1) is 6.92 Å². The topological polar surface area (TPSA) is 37.0 Å². The third-order valence-corrected chi connectivity index (χ3v) is 5.88. The maximum Gasteiger partial charge on any atom is 0.0733 e. The van der Waals surface area contributed by atoms with Crippen LogP contribution in [-0.4, -0.2) is 23.2 Å². The molecule has 3 aliphatic rings. The lowest BCUT2D eigenvalue weighted by Crippen LogP contribution is -2.40. The second-order valence-corrected chi connectivity index (χ2v) is 7.39. The van der Waals surface area contributed by atoms with E-state index in [1.54, 1.807) is 5.56 Å². The molecule has 0 radical (unpaired) electrons. The van der Waals surface area contributed by atoms with Crippen LogP contribution in [0.5, 0.6) is 0 Å². The number of aromatic amines is 1. The number of ether oxygens (including phenoxy) is 1. The van der Waals surface area contributed by atoms with Gasteiger partial charge in [-0.1, -0.05) is 11.6 Å². The van der Waals surface area contributed by atoms with E-state index in [-0.39, 0.29) is 0 Å². The van der Waals surface area contributed by atoms with Crippen LogP contribution in [0.25, 0.3) is 10.9 Å². The Labute approximate surface area is 131 Å². The number of fused-ring (bicyclic) bond motifs is 5. The quantitative estimate of drug-likeness (QED) is 0.885. The molecule has 2 fully saturated rings. The molecule has 2 bridgehead atoms. The Morgan fingerprint density at radius 1 is 1.23 bits per heavy atom. The summed E-state index contributed by atoms with van der Waals surface area (Å²) in [6, 6.07) is 7.82. The van der Waals surface area contributed by atoms with E-state index in [1.807, 2.05) is 0 Å². The number of rotatable bonds is 2. The Bertz CT molecular complexity index is 720. The molecular formula is C19H24N2O. The minimum Gasteiger partial charge on any atom is -0.373 e. The molecule has 0 spiro atoms. The molecule has 0 amide bonds. The zero-order chi connectivity index (χ0) is 14.7. The molecule has 116 valence electrons. The predicted molar refractivity (Wildman–Crippen MR) is 88.2 cm³/mol. The number of aryl methyl sites for hydroxylation is 2. The van der Waals surface area contributed by atoms with Crippen LogP contribution in [0.2, 0.25) is 0 Å². The molecular weight excluding hydrogens is 272 g/mol. The van der Waals surface area contributed by atoms with Gasteiger partial charge in [-0.05, 0) is 63.1 Å². The van der Waals surface area contributed by atoms with E-state index in [4.69, 9.17) is 4.74 Å². The van der Waals surface area contributed by atoms with Gasteiger partial charge in [-0.25, -0.2) is 0 Å². The summed E-state index contributed by atoms with van der Waals surface area (Å²) >= 11 is 0. The molecule has 22 heavy (non-hydrogen) atoms. The van der Waals surface area contributed by atoms with E-state index in [2.05, 4.69) is 35.4 Å². The smallest absolute Gasteiger partial charge is 0.0733 e. The summed E-state index contributed by atoms with van der Waals surface area (Å²) in [6.07, 6.45) is 8.44. The average molecular weight is 296 g/mol. The van der Waals surface area contributed by atoms with Crippen LogP contribution in [0.1, 0.15) is 55.0 Å². The van der Waals surface area contributed by atoms with Crippen molar-refractivity contribution in [2.75, 3.05) is 0 Å². The van der Waals surface area contributed by atoms with E-state index >= 15 is 0 Å². The largest absolute Gasteiger partial charge is 0.373 e. The van der Waals surface area contributed by atoms with Gasteiger partial charge in [0.25, 0.3) is 0 Å². The van der Waals surface area contributed by atoms with Gasteiger partial charge >= 0.3 is 0 Å². The maximum atomic E-state index is 6.02. The molecule has 2 aliphatic heterocycles. The Hall–Kier alpha value is -1.32. The summed E-state index contributed by atoms with van der Waals surface area (Å²) in [5.41, 5.74) is 5.64. The van der Waals surface area contributed by atoms with Crippen molar-refractivity contribution in [2.24, 2.45) is 0 Å². The molecule has 2 N–H and O–H groups in total. The number of H-pyrrole nitrogens is 1. The van der Waals surface area contributed by atoms with Gasteiger partial charge in [-0.2, -0.15) is 0 Å². The molecule has 1 aromatic heterocycles. The number of nitrogens with one attached hydrogen (secondary N) is 2. The fourth-order valence-electron chi connectivity index (χ4n) is 4.81. The summed E-state index contributed by atoms with van der Waals surface area (Å²) in [5.74, 6) is 0. The first kappa shape index (κ1) is 13.1. The molecule has 3 heteroatoms. The normalized spacial score (nSPS) is 33.5. The molecule has 0 saturated carbocycles. The lowest BCUT2D eigenvalue weighted by molar-refractivity contribution is 0.0955. The first-order chi connectivity index (χ1) is 10.8. The summed E-state index contributed by atoms with van der Waals surface area (Å²) in [7, 11) is 0. The average Bonchev–Trinajstić information content (AvgIpc) is 3.21. The van der Waals surface area contributed by atoms with Gasteiger partial charge in [0, 0.05) is 28.7 Å². The van der Waals surface area contributed by atoms with Crippen molar-refractivity contribution < 1.29 is 4.74 Å². The highest BCUT2D eigenvalue weighted by Crippen LogP contribution is 2.39. The van der Waals surface area contributed by atoms with E-state index in [0.717, 1.165) is 0 Å². The summed E-state index contributed by atoms with van der Waals surface area (Å²) in [4.78, 5) is 3.71. The minimum atomic E-state index is 0.460. The fourth-order valence-corrected chi connectivity index (χ4v) is 4.81. The monoisotopic (exact) mass is 296 g/mol. The van der Waals surface area contributed by atoms with Crippen molar-refractivity contribution in [3.05, 3.63) is 35.0 Å². The number of hydrogen-bond acceptors (Lipinski definition) is 2. The molecule has 0 unspecified atom stereocenters. The molecule has 2 aromatic rings. The second kappa shape index (κ2) is 4.84. The third kappa shape index (κ3) is 1.95. The van der Waals surface area contributed by atoms with Crippen molar-refractivity contribution in [1.82, 2.24) is 10.3 Å². The zero-order valence-electron chi connectivity index (χ0n) is 13.2. The molecule has 2 saturated heterocycles. The lowest BCUT2D eigenvalue weighted by atomic mass is 9.89. The van der Waals surface area contributed by atoms with Gasteiger partial charge < -0.3 is 15.0 Å². The molecule has 5 rings (SSSR count). The van der Waals surface area contributed by atoms with Gasteiger partial charge in [0.05, 0.1) is 12.2 Å². The fraction of sp³-hybridized carbons (Fsp3) is 0.579. The van der Waals surface area contributed by atoms with Gasteiger partial charge in [-0.3, -0.25) is 0 Å². The summed E-state index contributed by atoms with van der Waals surface area (Å²) in [5, 5.41) is 5.36. The van der Waals surface area contributed by atoms with Crippen LogP contribution in [0.15, 0.2) is 18.2 Å². The van der Waals surface area contributed by atoms with E-state index in [0.29, 0.717) is 24.3 Å². The van der Waals surface area contributed by atoms with Crippen molar-refractivity contribution in [3.8, 4) is 0 Å². The van der Waals surface area contributed by atoms with Crippen molar-refractivity contribution >= 4 is 10.9 Å². The highest BCUT2D eigenvalue weighted by Gasteiger charge is 2.42. The lowest BCUT2D eigenvalue weighted by Gasteiger charge is -2.29. The van der Waals surface area contributed by atoms with Crippen LogP contribution < -0.4 is 5.32 Å². The SMILES string of the molecule is Cc1ccc2[nH]c3c(c2c1)CCC[C@@H]3N[C@H]1C[C@H]2CC[C@H]1O2. The van der Waals surface area contributed by atoms with Gasteiger partial charge in [-0.15, -0.1) is 0 Å². The van der Waals surface area contributed by atoms with Gasteiger partial charge in [0.15, 0.2) is 0 Å². The van der Waals surface area contributed by atoms with E-state index in [1.165, 1.54) is 60.7 Å². The molecule has 1 aliphatic carbocycles. The van der Waals surface area contributed by atoms with Crippen LogP contribution >= 0.6 is 0 Å². The second-order valence-electron chi connectivity index (χ2n) is 7.39. The number of hydrogen-bond donors (Lipinski definition) is 2. The van der Waals surface area contributed by atoms with Gasteiger partial charge in [0.1, 0.15) is 0 Å².